The minimum atomic E-state index is 0.895. The SMILES string of the molecule is CCCCCCCCN(Cc1ccc(OC)cc1)c1cccc(OC)c1. The summed E-state index contributed by atoms with van der Waals surface area (Å²) in [7, 11) is 3.43. The second-order valence-electron chi connectivity index (χ2n) is 6.74. The molecule has 0 N–H and O–H groups in total. The van der Waals surface area contributed by atoms with Gasteiger partial charge < -0.3 is 14.4 Å². The lowest BCUT2D eigenvalue weighted by Crippen LogP contribution is -2.24. The van der Waals surface area contributed by atoms with Crippen LogP contribution in [-0.4, -0.2) is 20.8 Å². The monoisotopic (exact) mass is 355 g/mol. The van der Waals surface area contributed by atoms with E-state index >= 15 is 0 Å². The third-order valence-electron chi connectivity index (χ3n) is 4.73. The smallest absolute Gasteiger partial charge is 0.120 e. The molecule has 0 aromatic heterocycles. The number of hydrogen-bond donors (Lipinski definition) is 0. The molecule has 26 heavy (non-hydrogen) atoms. The summed E-state index contributed by atoms with van der Waals surface area (Å²) in [6.07, 6.45) is 7.86. The van der Waals surface area contributed by atoms with E-state index in [0.717, 1.165) is 24.6 Å². The molecule has 3 nitrogen and oxygen atoms in total. The number of nitrogens with zero attached hydrogens (tertiary/aromatic N) is 1. The van der Waals surface area contributed by atoms with E-state index in [1.165, 1.54) is 49.8 Å². The van der Waals surface area contributed by atoms with Gasteiger partial charge in [0, 0.05) is 24.8 Å². The van der Waals surface area contributed by atoms with E-state index in [4.69, 9.17) is 9.47 Å². The third kappa shape index (κ3) is 6.62. The second-order valence-corrected chi connectivity index (χ2v) is 6.74. The standard InChI is InChI=1S/C23H33NO2/c1-4-5-6-7-8-9-17-24(21-11-10-12-23(18-21)26-3)19-20-13-15-22(25-2)16-14-20/h10-16,18H,4-9,17,19H2,1-3H3. The Bertz CT molecular complexity index is 624. The number of methoxy groups -OCH3 is 2. The lowest BCUT2D eigenvalue weighted by Gasteiger charge is -2.25. The van der Waals surface area contributed by atoms with Crippen LogP contribution >= 0.6 is 0 Å². The zero-order valence-electron chi connectivity index (χ0n) is 16.5. The van der Waals surface area contributed by atoms with E-state index in [9.17, 15) is 0 Å². The quantitative estimate of drug-likeness (QED) is 0.431. The molecular formula is C23H33NO2. The van der Waals surface area contributed by atoms with Crippen molar-refractivity contribution in [2.45, 2.75) is 52.0 Å². The molecule has 2 aromatic rings. The number of anilines is 1. The first-order chi connectivity index (χ1) is 12.8. The van der Waals surface area contributed by atoms with Gasteiger partial charge in [0.15, 0.2) is 0 Å². The Kier molecular flexibility index (Phi) is 8.88. The Balaban J connectivity index is 2.02. The van der Waals surface area contributed by atoms with Crippen LogP contribution in [0.25, 0.3) is 0 Å². The first-order valence-electron chi connectivity index (χ1n) is 9.78. The number of benzene rings is 2. The maximum Gasteiger partial charge on any atom is 0.120 e. The van der Waals surface area contributed by atoms with E-state index in [0.29, 0.717) is 0 Å². The Morgan fingerprint density at radius 2 is 1.46 bits per heavy atom. The number of unbranched alkanes of at least 4 members (excludes halogenated alkanes) is 5. The van der Waals surface area contributed by atoms with Crippen LogP contribution in [0.1, 0.15) is 51.0 Å². The van der Waals surface area contributed by atoms with Gasteiger partial charge in [0.25, 0.3) is 0 Å². The van der Waals surface area contributed by atoms with Crippen molar-refractivity contribution in [1.82, 2.24) is 0 Å². The van der Waals surface area contributed by atoms with Gasteiger partial charge in [-0.3, -0.25) is 0 Å². The zero-order valence-corrected chi connectivity index (χ0v) is 16.5. The van der Waals surface area contributed by atoms with Gasteiger partial charge in [0.1, 0.15) is 11.5 Å². The van der Waals surface area contributed by atoms with Crippen LogP contribution in [0.5, 0.6) is 11.5 Å². The predicted molar refractivity (Wildman–Crippen MR) is 110 cm³/mol. The van der Waals surface area contributed by atoms with E-state index in [1.54, 1.807) is 14.2 Å². The molecule has 0 saturated heterocycles. The van der Waals surface area contributed by atoms with Gasteiger partial charge in [-0.25, -0.2) is 0 Å². The van der Waals surface area contributed by atoms with Crippen molar-refractivity contribution < 1.29 is 9.47 Å². The number of ether oxygens (including phenoxy) is 2. The molecule has 0 saturated carbocycles. The van der Waals surface area contributed by atoms with Crippen molar-refractivity contribution >= 4 is 5.69 Å². The molecule has 0 aliphatic rings. The van der Waals surface area contributed by atoms with Crippen molar-refractivity contribution in [3.05, 3.63) is 54.1 Å². The molecule has 0 bridgehead atoms. The van der Waals surface area contributed by atoms with Gasteiger partial charge in [-0.2, -0.15) is 0 Å². The Morgan fingerprint density at radius 3 is 2.15 bits per heavy atom. The largest absolute Gasteiger partial charge is 0.497 e. The van der Waals surface area contributed by atoms with Gasteiger partial charge in [-0.1, -0.05) is 57.2 Å². The van der Waals surface area contributed by atoms with Crippen molar-refractivity contribution in [2.75, 3.05) is 25.7 Å². The maximum absolute atomic E-state index is 5.41. The van der Waals surface area contributed by atoms with Gasteiger partial charge in [0.05, 0.1) is 14.2 Å². The van der Waals surface area contributed by atoms with Crippen LogP contribution in [0.3, 0.4) is 0 Å². The molecule has 0 aliphatic carbocycles. The average molecular weight is 356 g/mol. The van der Waals surface area contributed by atoms with Crippen LogP contribution in [-0.2, 0) is 6.54 Å². The highest BCUT2D eigenvalue weighted by Crippen LogP contribution is 2.24. The second kappa shape index (κ2) is 11.5. The third-order valence-corrected chi connectivity index (χ3v) is 4.73. The van der Waals surface area contributed by atoms with Crippen LogP contribution in [0.15, 0.2) is 48.5 Å². The number of hydrogen-bond acceptors (Lipinski definition) is 3. The summed E-state index contributed by atoms with van der Waals surface area (Å²) < 4.78 is 10.7. The summed E-state index contributed by atoms with van der Waals surface area (Å²) in [5, 5.41) is 0. The molecule has 0 spiro atoms. The van der Waals surface area contributed by atoms with Crippen LogP contribution in [0.2, 0.25) is 0 Å². The summed E-state index contributed by atoms with van der Waals surface area (Å²) in [5.74, 6) is 1.81. The fraction of sp³-hybridized carbons (Fsp3) is 0.478. The molecule has 0 unspecified atom stereocenters. The van der Waals surface area contributed by atoms with Crippen molar-refractivity contribution in [1.29, 1.82) is 0 Å². The highest BCUT2D eigenvalue weighted by molar-refractivity contribution is 5.51. The molecule has 142 valence electrons. The van der Waals surface area contributed by atoms with E-state index in [2.05, 4.69) is 42.2 Å². The van der Waals surface area contributed by atoms with Crippen molar-refractivity contribution in [3.8, 4) is 11.5 Å². The first-order valence-corrected chi connectivity index (χ1v) is 9.78. The molecule has 0 heterocycles. The average Bonchev–Trinajstić information content (AvgIpc) is 2.70. The summed E-state index contributed by atoms with van der Waals surface area (Å²) in [6.45, 7) is 4.22. The molecule has 2 aromatic carbocycles. The minimum absolute atomic E-state index is 0.895. The first kappa shape index (κ1) is 20.2. The maximum atomic E-state index is 5.41. The van der Waals surface area contributed by atoms with Gasteiger partial charge >= 0.3 is 0 Å². The Labute approximate surface area is 158 Å². The Morgan fingerprint density at radius 1 is 0.769 bits per heavy atom. The summed E-state index contributed by atoms with van der Waals surface area (Å²) in [4.78, 5) is 2.45. The van der Waals surface area contributed by atoms with Crippen LogP contribution < -0.4 is 14.4 Å². The highest BCUT2D eigenvalue weighted by atomic mass is 16.5. The lowest BCUT2D eigenvalue weighted by atomic mass is 10.1. The summed E-state index contributed by atoms with van der Waals surface area (Å²) >= 11 is 0. The summed E-state index contributed by atoms with van der Waals surface area (Å²) in [5.41, 5.74) is 2.51. The minimum Gasteiger partial charge on any atom is -0.497 e. The lowest BCUT2D eigenvalue weighted by molar-refractivity contribution is 0.414. The highest BCUT2D eigenvalue weighted by Gasteiger charge is 2.09. The van der Waals surface area contributed by atoms with Crippen LogP contribution in [0.4, 0.5) is 5.69 Å². The fourth-order valence-electron chi connectivity index (χ4n) is 3.14. The van der Waals surface area contributed by atoms with E-state index in [1.807, 2.05) is 18.2 Å². The number of rotatable bonds is 12. The Hall–Kier alpha value is -2.16. The van der Waals surface area contributed by atoms with E-state index < -0.39 is 0 Å². The normalized spacial score (nSPS) is 10.6. The molecule has 2 rings (SSSR count). The van der Waals surface area contributed by atoms with Crippen LogP contribution in [0, 0.1) is 0 Å². The molecular weight excluding hydrogens is 322 g/mol. The van der Waals surface area contributed by atoms with Gasteiger partial charge in [-0.05, 0) is 36.2 Å². The van der Waals surface area contributed by atoms with Gasteiger partial charge in [0.2, 0.25) is 0 Å². The fourth-order valence-corrected chi connectivity index (χ4v) is 3.14. The summed E-state index contributed by atoms with van der Waals surface area (Å²) in [6, 6.07) is 16.7. The van der Waals surface area contributed by atoms with Gasteiger partial charge in [-0.15, -0.1) is 0 Å². The predicted octanol–water partition coefficient (Wildman–Crippen LogP) is 6.07. The molecule has 0 atom stereocenters. The molecule has 0 radical (unpaired) electrons. The molecule has 3 heteroatoms. The zero-order chi connectivity index (χ0) is 18.6. The molecule has 0 aliphatic heterocycles. The van der Waals surface area contributed by atoms with Crippen molar-refractivity contribution in [2.24, 2.45) is 0 Å². The molecule has 0 fully saturated rings. The topological polar surface area (TPSA) is 21.7 Å². The van der Waals surface area contributed by atoms with E-state index in [-0.39, 0.29) is 0 Å². The molecule has 0 amide bonds. The van der Waals surface area contributed by atoms with Crippen molar-refractivity contribution in [3.63, 3.8) is 0 Å².